The van der Waals surface area contributed by atoms with Crippen LogP contribution in [0.15, 0.2) is 30.3 Å². The van der Waals surface area contributed by atoms with Gasteiger partial charge >= 0.3 is 6.09 Å². The quantitative estimate of drug-likeness (QED) is 0.882. The van der Waals surface area contributed by atoms with E-state index in [1.54, 1.807) is 0 Å². The Balaban J connectivity index is 1.40. The van der Waals surface area contributed by atoms with Crippen LogP contribution in [0.25, 0.3) is 0 Å². The van der Waals surface area contributed by atoms with Crippen molar-refractivity contribution in [1.82, 2.24) is 14.7 Å². The van der Waals surface area contributed by atoms with Gasteiger partial charge in [-0.2, -0.15) is 0 Å². The van der Waals surface area contributed by atoms with Gasteiger partial charge in [0.25, 0.3) is 0 Å². The summed E-state index contributed by atoms with van der Waals surface area (Å²) < 4.78 is 0. The first kappa shape index (κ1) is 18.3. The lowest BCUT2D eigenvalue weighted by atomic mass is 9.83. The Kier molecular flexibility index (Phi) is 5.34. The van der Waals surface area contributed by atoms with Gasteiger partial charge < -0.3 is 14.9 Å². The fourth-order valence-electron chi connectivity index (χ4n) is 4.63. The van der Waals surface area contributed by atoms with Gasteiger partial charge in [0, 0.05) is 38.8 Å². The third-order valence-corrected chi connectivity index (χ3v) is 6.54. The van der Waals surface area contributed by atoms with Gasteiger partial charge in [-0.3, -0.25) is 9.69 Å². The SMILES string of the molecule is O=C(C1CN(C(=O)O)C1Cc1ccccc1)N1CCCN(C2CCC2)CC1. The highest BCUT2D eigenvalue weighted by atomic mass is 16.4. The molecule has 4 rings (SSSR count). The fraction of sp³-hybridized carbons (Fsp3) is 0.619. The largest absolute Gasteiger partial charge is 0.465 e. The predicted octanol–water partition coefficient (Wildman–Crippen LogP) is 2.29. The second kappa shape index (κ2) is 7.89. The lowest BCUT2D eigenvalue weighted by Crippen LogP contribution is -2.64. The average Bonchev–Trinajstić information content (AvgIpc) is 2.84. The number of amides is 2. The Bertz CT molecular complexity index is 677. The zero-order valence-corrected chi connectivity index (χ0v) is 15.8. The molecule has 2 atom stereocenters. The van der Waals surface area contributed by atoms with Crippen LogP contribution >= 0.6 is 0 Å². The van der Waals surface area contributed by atoms with Crippen LogP contribution in [0.5, 0.6) is 0 Å². The van der Waals surface area contributed by atoms with Crippen LogP contribution in [0.3, 0.4) is 0 Å². The lowest BCUT2D eigenvalue weighted by molar-refractivity contribution is -0.144. The summed E-state index contributed by atoms with van der Waals surface area (Å²) in [6.45, 7) is 3.93. The van der Waals surface area contributed by atoms with E-state index in [1.165, 1.54) is 24.2 Å². The van der Waals surface area contributed by atoms with Gasteiger partial charge in [0.1, 0.15) is 0 Å². The minimum atomic E-state index is -0.924. The zero-order chi connectivity index (χ0) is 18.8. The highest BCUT2D eigenvalue weighted by Gasteiger charge is 2.47. The normalized spacial score (nSPS) is 26.8. The average molecular weight is 371 g/mol. The fourth-order valence-corrected chi connectivity index (χ4v) is 4.63. The topological polar surface area (TPSA) is 64.1 Å². The summed E-state index contributed by atoms with van der Waals surface area (Å²) in [5.74, 6) is -0.0690. The molecule has 6 heteroatoms. The van der Waals surface area contributed by atoms with E-state index in [0.717, 1.165) is 44.2 Å². The summed E-state index contributed by atoms with van der Waals surface area (Å²) in [6, 6.07) is 10.3. The Morgan fingerprint density at radius 1 is 1.00 bits per heavy atom. The van der Waals surface area contributed by atoms with Crippen LogP contribution in [-0.2, 0) is 11.2 Å². The van der Waals surface area contributed by atoms with Crippen molar-refractivity contribution >= 4 is 12.0 Å². The van der Waals surface area contributed by atoms with Gasteiger partial charge in [0.15, 0.2) is 0 Å². The molecule has 1 aromatic rings. The molecular formula is C21H29N3O3. The molecule has 1 aliphatic carbocycles. The minimum absolute atomic E-state index is 0.142. The molecule has 1 N–H and O–H groups in total. The summed E-state index contributed by atoms with van der Waals surface area (Å²) in [5, 5.41) is 9.46. The van der Waals surface area contributed by atoms with Crippen LogP contribution in [0.1, 0.15) is 31.2 Å². The van der Waals surface area contributed by atoms with E-state index in [2.05, 4.69) is 4.90 Å². The summed E-state index contributed by atoms with van der Waals surface area (Å²) in [7, 11) is 0. The molecule has 0 bridgehead atoms. The van der Waals surface area contributed by atoms with Crippen molar-refractivity contribution < 1.29 is 14.7 Å². The first-order valence-corrected chi connectivity index (χ1v) is 10.2. The lowest BCUT2D eigenvalue weighted by Gasteiger charge is -2.47. The van der Waals surface area contributed by atoms with Gasteiger partial charge in [0.05, 0.1) is 12.0 Å². The number of hydrogen-bond donors (Lipinski definition) is 1. The van der Waals surface area contributed by atoms with Crippen molar-refractivity contribution in [3.63, 3.8) is 0 Å². The number of nitrogens with zero attached hydrogens (tertiary/aromatic N) is 3. The Morgan fingerprint density at radius 3 is 2.44 bits per heavy atom. The van der Waals surface area contributed by atoms with Crippen molar-refractivity contribution in [3.8, 4) is 0 Å². The molecule has 0 aromatic heterocycles. The molecule has 0 radical (unpaired) electrons. The molecule has 0 spiro atoms. The smallest absolute Gasteiger partial charge is 0.407 e. The predicted molar refractivity (Wildman–Crippen MR) is 103 cm³/mol. The number of carbonyl (C=O) groups excluding carboxylic acids is 1. The molecule has 1 saturated carbocycles. The van der Waals surface area contributed by atoms with E-state index in [0.29, 0.717) is 13.0 Å². The summed E-state index contributed by atoms with van der Waals surface area (Å²) in [5.41, 5.74) is 1.08. The zero-order valence-electron chi connectivity index (χ0n) is 15.8. The van der Waals surface area contributed by atoms with Gasteiger partial charge in [0.2, 0.25) is 5.91 Å². The number of rotatable bonds is 4. The monoisotopic (exact) mass is 371 g/mol. The minimum Gasteiger partial charge on any atom is -0.465 e. The molecule has 146 valence electrons. The molecule has 2 aliphatic heterocycles. The van der Waals surface area contributed by atoms with Gasteiger partial charge in [-0.05, 0) is 31.2 Å². The maximum atomic E-state index is 13.1. The van der Waals surface area contributed by atoms with E-state index >= 15 is 0 Å². The number of likely N-dealkylation sites (tertiary alicyclic amines) is 1. The van der Waals surface area contributed by atoms with E-state index < -0.39 is 6.09 Å². The number of carboxylic acid groups (broad SMARTS) is 1. The first-order valence-electron chi connectivity index (χ1n) is 10.2. The second-order valence-electron chi connectivity index (χ2n) is 8.10. The van der Waals surface area contributed by atoms with Gasteiger partial charge in [-0.15, -0.1) is 0 Å². The van der Waals surface area contributed by atoms with Crippen molar-refractivity contribution in [1.29, 1.82) is 0 Å². The van der Waals surface area contributed by atoms with Crippen molar-refractivity contribution in [3.05, 3.63) is 35.9 Å². The molecule has 3 aliphatic rings. The van der Waals surface area contributed by atoms with Crippen LogP contribution in [0.2, 0.25) is 0 Å². The molecule has 2 saturated heterocycles. The molecular weight excluding hydrogens is 342 g/mol. The third kappa shape index (κ3) is 3.81. The number of benzene rings is 1. The summed E-state index contributed by atoms with van der Waals surface area (Å²) in [6.07, 6.45) is 4.61. The highest BCUT2D eigenvalue weighted by Crippen LogP contribution is 2.31. The van der Waals surface area contributed by atoms with Crippen molar-refractivity contribution in [2.75, 3.05) is 32.7 Å². The molecule has 2 heterocycles. The van der Waals surface area contributed by atoms with Gasteiger partial charge in [-0.1, -0.05) is 36.8 Å². The van der Waals surface area contributed by atoms with Crippen LogP contribution in [0, 0.1) is 5.92 Å². The van der Waals surface area contributed by atoms with Crippen LogP contribution < -0.4 is 0 Å². The molecule has 27 heavy (non-hydrogen) atoms. The third-order valence-electron chi connectivity index (χ3n) is 6.54. The Labute approximate surface area is 160 Å². The maximum absolute atomic E-state index is 13.1. The van der Waals surface area contributed by atoms with E-state index in [1.807, 2.05) is 35.2 Å². The summed E-state index contributed by atoms with van der Waals surface area (Å²) in [4.78, 5) is 30.6. The summed E-state index contributed by atoms with van der Waals surface area (Å²) >= 11 is 0. The molecule has 2 amide bonds. The second-order valence-corrected chi connectivity index (χ2v) is 8.10. The Morgan fingerprint density at radius 2 is 1.78 bits per heavy atom. The van der Waals surface area contributed by atoms with Crippen LogP contribution in [0.4, 0.5) is 4.79 Å². The van der Waals surface area contributed by atoms with E-state index in [9.17, 15) is 14.7 Å². The standard InChI is InChI=1S/C21H29N3O3/c25-20(23-11-5-10-22(12-13-23)17-8-4-9-17)18-15-24(21(26)27)19(18)14-16-6-2-1-3-7-16/h1-3,6-7,17-19H,4-5,8-15H2,(H,26,27). The van der Waals surface area contributed by atoms with E-state index in [4.69, 9.17) is 0 Å². The Hall–Kier alpha value is -2.08. The highest BCUT2D eigenvalue weighted by molar-refractivity contribution is 5.83. The van der Waals surface area contributed by atoms with Crippen molar-refractivity contribution in [2.45, 2.75) is 44.2 Å². The van der Waals surface area contributed by atoms with E-state index in [-0.39, 0.29) is 17.9 Å². The number of hydrogen-bond acceptors (Lipinski definition) is 3. The van der Waals surface area contributed by atoms with Crippen LogP contribution in [-0.4, -0.2) is 76.6 Å². The molecule has 2 unspecified atom stereocenters. The maximum Gasteiger partial charge on any atom is 0.407 e. The van der Waals surface area contributed by atoms with Gasteiger partial charge in [-0.25, -0.2) is 4.79 Å². The molecule has 3 fully saturated rings. The van der Waals surface area contributed by atoms with Crippen molar-refractivity contribution in [2.24, 2.45) is 5.92 Å². The first-order chi connectivity index (χ1) is 13.1. The molecule has 6 nitrogen and oxygen atoms in total. The number of carbonyl (C=O) groups is 2. The molecule has 1 aromatic carbocycles.